The van der Waals surface area contributed by atoms with Gasteiger partial charge in [0.05, 0.1) is 10.5 Å². The Morgan fingerprint density at radius 3 is 2.00 bits per heavy atom. The number of carbonyl (C=O) groups is 1. The lowest BCUT2D eigenvalue weighted by Gasteiger charge is -2.11. The van der Waals surface area contributed by atoms with Crippen LogP contribution >= 0.6 is 11.8 Å². The molecule has 0 heterocycles. The van der Waals surface area contributed by atoms with Crippen molar-refractivity contribution in [2.45, 2.75) is 16.0 Å². The van der Waals surface area contributed by atoms with Gasteiger partial charge in [-0.05, 0) is 54.6 Å². The molecule has 2 amide bonds. The Labute approximate surface area is 173 Å². The van der Waals surface area contributed by atoms with Gasteiger partial charge in [-0.3, -0.25) is 10.1 Å². The molecule has 3 aromatic rings. The molecule has 0 unspecified atom stereocenters. The first-order chi connectivity index (χ1) is 14.2. The number of hydrogen-bond acceptors (Lipinski definition) is 4. The highest BCUT2D eigenvalue weighted by Crippen LogP contribution is 2.31. The second-order valence-corrected chi connectivity index (χ2v) is 7.18. The average Bonchev–Trinajstić information content (AvgIpc) is 2.69. The fourth-order valence-electron chi connectivity index (χ4n) is 2.45. The minimum Gasteiger partial charge on any atom is -0.308 e. The van der Waals surface area contributed by atoms with Crippen LogP contribution in [0.2, 0.25) is 0 Å². The number of nitrogens with one attached hydrogen (secondary N) is 2. The highest BCUT2D eigenvalue weighted by Gasteiger charge is 2.30. The van der Waals surface area contributed by atoms with Crippen molar-refractivity contribution in [3.63, 3.8) is 0 Å². The number of halogens is 3. The van der Waals surface area contributed by atoms with E-state index in [0.717, 1.165) is 21.9 Å². The standard InChI is InChI=1S/C20H14F3N3O3S/c21-20(22,23)13-2-1-3-15(12-13)25-19(27)24-14-4-8-17(9-5-14)30-18-10-6-16(7-11-18)26(28)29/h1-12H,(H2,24,25,27). The third-order valence-corrected chi connectivity index (χ3v) is 4.86. The van der Waals surface area contributed by atoms with E-state index in [1.807, 2.05) is 0 Å². The Kier molecular flexibility index (Phi) is 6.26. The number of benzene rings is 3. The largest absolute Gasteiger partial charge is 0.416 e. The molecule has 154 valence electrons. The SMILES string of the molecule is O=C(Nc1ccc(Sc2ccc([N+](=O)[O-])cc2)cc1)Nc1cccc(C(F)(F)F)c1. The summed E-state index contributed by atoms with van der Waals surface area (Å²) >= 11 is 1.38. The number of carbonyl (C=O) groups excluding carboxylic acids is 1. The van der Waals surface area contributed by atoms with Gasteiger partial charge in [0.25, 0.3) is 5.69 Å². The number of nitro groups is 1. The van der Waals surface area contributed by atoms with Crippen LogP contribution in [0.25, 0.3) is 0 Å². The van der Waals surface area contributed by atoms with Gasteiger partial charge in [-0.15, -0.1) is 0 Å². The fraction of sp³-hybridized carbons (Fsp3) is 0.0500. The van der Waals surface area contributed by atoms with Crippen LogP contribution in [0.15, 0.2) is 82.6 Å². The monoisotopic (exact) mass is 433 g/mol. The van der Waals surface area contributed by atoms with Gasteiger partial charge >= 0.3 is 12.2 Å². The van der Waals surface area contributed by atoms with E-state index in [4.69, 9.17) is 0 Å². The molecular formula is C20H14F3N3O3S. The molecule has 6 nitrogen and oxygen atoms in total. The van der Waals surface area contributed by atoms with Crippen molar-refractivity contribution in [3.8, 4) is 0 Å². The first-order valence-corrected chi connectivity index (χ1v) is 9.30. The summed E-state index contributed by atoms with van der Waals surface area (Å²) in [6, 6.07) is 16.5. The zero-order valence-electron chi connectivity index (χ0n) is 15.1. The number of urea groups is 1. The van der Waals surface area contributed by atoms with E-state index in [0.29, 0.717) is 5.69 Å². The average molecular weight is 433 g/mol. The van der Waals surface area contributed by atoms with E-state index in [9.17, 15) is 28.1 Å². The topological polar surface area (TPSA) is 84.3 Å². The quantitative estimate of drug-likeness (QED) is 0.360. The molecule has 2 N–H and O–H groups in total. The van der Waals surface area contributed by atoms with Gasteiger partial charge in [-0.2, -0.15) is 13.2 Å². The van der Waals surface area contributed by atoms with Crippen LogP contribution in [0, 0.1) is 10.1 Å². The molecule has 3 aromatic carbocycles. The molecule has 0 atom stereocenters. The maximum Gasteiger partial charge on any atom is 0.416 e. The Balaban J connectivity index is 1.59. The lowest BCUT2D eigenvalue weighted by atomic mass is 10.2. The van der Waals surface area contributed by atoms with Crippen LogP contribution in [0.4, 0.5) is 35.0 Å². The summed E-state index contributed by atoms with van der Waals surface area (Å²) in [5.74, 6) is 0. The number of amides is 2. The lowest BCUT2D eigenvalue weighted by molar-refractivity contribution is -0.384. The van der Waals surface area contributed by atoms with Crippen LogP contribution in [-0.2, 0) is 6.18 Å². The number of rotatable bonds is 5. The van der Waals surface area contributed by atoms with Gasteiger partial charge < -0.3 is 10.6 Å². The van der Waals surface area contributed by atoms with E-state index in [1.165, 1.54) is 36.0 Å². The highest BCUT2D eigenvalue weighted by atomic mass is 32.2. The van der Waals surface area contributed by atoms with Crippen molar-refractivity contribution in [2.24, 2.45) is 0 Å². The van der Waals surface area contributed by atoms with E-state index < -0.39 is 22.7 Å². The summed E-state index contributed by atoms with van der Waals surface area (Å²) in [4.78, 5) is 23.9. The van der Waals surface area contributed by atoms with Gasteiger partial charge in [0.1, 0.15) is 0 Å². The Morgan fingerprint density at radius 2 is 1.43 bits per heavy atom. The third kappa shape index (κ3) is 5.74. The van der Waals surface area contributed by atoms with Gasteiger partial charge in [0, 0.05) is 33.3 Å². The Bertz CT molecular complexity index is 1060. The molecule has 0 saturated heterocycles. The molecule has 0 bridgehead atoms. The number of hydrogen-bond donors (Lipinski definition) is 2. The summed E-state index contributed by atoms with van der Waals surface area (Å²) in [5, 5.41) is 15.6. The summed E-state index contributed by atoms with van der Waals surface area (Å²) < 4.78 is 38.2. The molecular weight excluding hydrogens is 419 g/mol. The van der Waals surface area contributed by atoms with E-state index >= 15 is 0 Å². The highest BCUT2D eigenvalue weighted by molar-refractivity contribution is 7.99. The minimum absolute atomic E-state index is 0.00526. The number of anilines is 2. The zero-order valence-corrected chi connectivity index (χ0v) is 16.0. The van der Waals surface area contributed by atoms with Crippen molar-refractivity contribution in [1.82, 2.24) is 0 Å². The second-order valence-electron chi connectivity index (χ2n) is 6.04. The fourth-order valence-corrected chi connectivity index (χ4v) is 3.26. The van der Waals surface area contributed by atoms with Crippen LogP contribution in [-0.4, -0.2) is 11.0 Å². The normalized spacial score (nSPS) is 11.0. The van der Waals surface area contributed by atoms with Crippen molar-refractivity contribution in [1.29, 1.82) is 0 Å². The van der Waals surface area contributed by atoms with Gasteiger partial charge in [-0.1, -0.05) is 17.8 Å². The van der Waals surface area contributed by atoms with Crippen molar-refractivity contribution in [2.75, 3.05) is 10.6 Å². The Hall–Kier alpha value is -3.53. The molecule has 0 aliphatic carbocycles. The van der Waals surface area contributed by atoms with Crippen LogP contribution < -0.4 is 10.6 Å². The first-order valence-electron chi connectivity index (χ1n) is 8.48. The summed E-state index contributed by atoms with van der Waals surface area (Å²) in [6.45, 7) is 0. The summed E-state index contributed by atoms with van der Waals surface area (Å²) in [7, 11) is 0. The molecule has 3 rings (SSSR count). The molecule has 0 saturated carbocycles. The Morgan fingerprint density at radius 1 is 0.867 bits per heavy atom. The van der Waals surface area contributed by atoms with Gasteiger partial charge in [0.15, 0.2) is 0 Å². The first kappa shape index (κ1) is 21.2. The third-order valence-electron chi connectivity index (χ3n) is 3.84. The van der Waals surface area contributed by atoms with Crippen LogP contribution in [0.3, 0.4) is 0 Å². The molecule has 0 radical (unpaired) electrons. The maximum absolute atomic E-state index is 12.7. The molecule has 0 aromatic heterocycles. The minimum atomic E-state index is -4.49. The smallest absolute Gasteiger partial charge is 0.308 e. The summed E-state index contributed by atoms with van der Waals surface area (Å²) in [5.41, 5.74) is -0.376. The van der Waals surface area contributed by atoms with Crippen LogP contribution in [0.1, 0.15) is 5.56 Å². The van der Waals surface area contributed by atoms with E-state index in [-0.39, 0.29) is 11.4 Å². The lowest BCUT2D eigenvalue weighted by Crippen LogP contribution is -2.19. The van der Waals surface area contributed by atoms with E-state index in [2.05, 4.69) is 10.6 Å². The molecule has 0 aliphatic rings. The maximum atomic E-state index is 12.7. The number of non-ortho nitro benzene ring substituents is 1. The molecule has 0 fully saturated rings. The molecule has 0 spiro atoms. The summed E-state index contributed by atoms with van der Waals surface area (Å²) in [6.07, 6.45) is -4.49. The van der Waals surface area contributed by atoms with Crippen molar-refractivity contribution >= 4 is 34.9 Å². The van der Waals surface area contributed by atoms with Crippen molar-refractivity contribution in [3.05, 3.63) is 88.5 Å². The molecule has 10 heteroatoms. The van der Waals surface area contributed by atoms with E-state index in [1.54, 1.807) is 36.4 Å². The molecule has 30 heavy (non-hydrogen) atoms. The number of alkyl halides is 3. The van der Waals surface area contributed by atoms with Crippen molar-refractivity contribution < 1.29 is 22.9 Å². The zero-order chi connectivity index (χ0) is 21.7. The van der Waals surface area contributed by atoms with Gasteiger partial charge in [0.2, 0.25) is 0 Å². The van der Waals surface area contributed by atoms with Crippen LogP contribution in [0.5, 0.6) is 0 Å². The number of nitrogens with zero attached hydrogens (tertiary/aromatic N) is 1. The predicted octanol–water partition coefficient (Wildman–Crippen LogP) is 6.41. The number of nitro benzene ring substituents is 1. The second kappa shape index (κ2) is 8.87. The van der Waals surface area contributed by atoms with Gasteiger partial charge in [-0.25, -0.2) is 4.79 Å². The molecule has 0 aliphatic heterocycles. The predicted molar refractivity (Wildman–Crippen MR) is 108 cm³/mol.